The van der Waals surface area contributed by atoms with Crippen molar-refractivity contribution in [1.82, 2.24) is 29.9 Å². The number of hydrogen-bond acceptors (Lipinski definition) is 5. The summed E-state index contributed by atoms with van der Waals surface area (Å²) in [6.45, 7) is 9.41. The van der Waals surface area contributed by atoms with Crippen LogP contribution in [0.4, 0.5) is 0 Å². The van der Waals surface area contributed by atoms with Gasteiger partial charge in [0.1, 0.15) is 12.7 Å². The van der Waals surface area contributed by atoms with Crippen molar-refractivity contribution in [2.75, 3.05) is 39.3 Å². The lowest BCUT2D eigenvalue weighted by Gasteiger charge is -2.36. The van der Waals surface area contributed by atoms with Gasteiger partial charge in [-0.3, -0.25) is 9.89 Å². The van der Waals surface area contributed by atoms with E-state index in [0.717, 1.165) is 71.2 Å². The molecule has 2 aliphatic heterocycles. The van der Waals surface area contributed by atoms with Gasteiger partial charge in [0.05, 0.1) is 18.8 Å². The van der Waals surface area contributed by atoms with E-state index in [2.05, 4.69) is 62.6 Å². The van der Waals surface area contributed by atoms with E-state index in [1.807, 2.05) is 4.57 Å². The first-order chi connectivity index (χ1) is 14.8. The third-order valence-electron chi connectivity index (χ3n) is 5.83. The zero-order valence-electron chi connectivity index (χ0n) is 17.9. The van der Waals surface area contributed by atoms with Crippen molar-refractivity contribution < 1.29 is 4.74 Å². The summed E-state index contributed by atoms with van der Waals surface area (Å²) < 4.78 is 8.14. The maximum atomic E-state index is 6.13. The number of unbranched alkanes of at least 4 members (excludes halogenated alkanes) is 1. The number of fused-ring (bicyclic) bond motifs is 1. The quantitative estimate of drug-likeness (QED) is 0.404. The number of ether oxygens (including phenoxy) is 1. The van der Waals surface area contributed by atoms with Crippen LogP contribution >= 0.6 is 0 Å². The molecule has 2 fully saturated rings. The number of aromatic nitrogens is 3. The summed E-state index contributed by atoms with van der Waals surface area (Å²) in [5, 5.41) is 11.2. The number of aryl methyl sites for hydroxylation is 1. The van der Waals surface area contributed by atoms with Crippen LogP contribution in [-0.4, -0.2) is 82.0 Å². The predicted molar refractivity (Wildman–Crippen MR) is 117 cm³/mol. The van der Waals surface area contributed by atoms with Crippen molar-refractivity contribution in [3.8, 4) is 0 Å². The minimum absolute atomic E-state index is 0.250. The number of hydrogen-bond donors (Lipinski definition) is 1. The molecule has 30 heavy (non-hydrogen) atoms. The molecule has 3 heterocycles. The number of nitrogens with one attached hydrogen (secondary N) is 1. The molecule has 4 rings (SSSR count). The predicted octanol–water partition coefficient (Wildman–Crippen LogP) is 1.61. The van der Waals surface area contributed by atoms with Crippen molar-refractivity contribution in [3.63, 3.8) is 0 Å². The van der Waals surface area contributed by atoms with E-state index in [4.69, 9.17) is 9.73 Å². The molecule has 2 atom stereocenters. The van der Waals surface area contributed by atoms with Crippen LogP contribution < -0.4 is 5.32 Å². The molecule has 0 spiro atoms. The Bertz CT molecular complexity index is 780. The first kappa shape index (κ1) is 20.8. The second-order valence-electron chi connectivity index (χ2n) is 7.98. The van der Waals surface area contributed by atoms with Gasteiger partial charge in [-0.1, -0.05) is 30.3 Å². The molecule has 1 N–H and O–H groups in total. The van der Waals surface area contributed by atoms with E-state index in [9.17, 15) is 0 Å². The van der Waals surface area contributed by atoms with Gasteiger partial charge in [0.2, 0.25) is 0 Å². The van der Waals surface area contributed by atoms with Gasteiger partial charge >= 0.3 is 0 Å². The maximum Gasteiger partial charge on any atom is 0.194 e. The minimum Gasteiger partial charge on any atom is -0.373 e. The zero-order valence-corrected chi connectivity index (χ0v) is 17.9. The second kappa shape index (κ2) is 10.5. The number of guanidine groups is 1. The molecule has 2 aliphatic rings. The van der Waals surface area contributed by atoms with E-state index >= 15 is 0 Å². The highest BCUT2D eigenvalue weighted by Gasteiger charge is 2.41. The van der Waals surface area contributed by atoms with Gasteiger partial charge in [-0.05, 0) is 25.3 Å². The lowest BCUT2D eigenvalue weighted by molar-refractivity contribution is -0.0502. The van der Waals surface area contributed by atoms with Crippen LogP contribution in [0.15, 0.2) is 48.0 Å². The van der Waals surface area contributed by atoms with Crippen molar-refractivity contribution in [2.24, 2.45) is 4.99 Å². The minimum atomic E-state index is 0.250. The molecule has 162 valence electrons. The maximum absolute atomic E-state index is 6.13. The molecule has 0 bridgehead atoms. The number of nitrogens with zero attached hydrogens (tertiary/aromatic N) is 6. The zero-order chi connectivity index (χ0) is 20.6. The second-order valence-corrected chi connectivity index (χ2v) is 7.98. The molecule has 2 unspecified atom stereocenters. The Morgan fingerprint density at radius 2 is 2.00 bits per heavy atom. The summed E-state index contributed by atoms with van der Waals surface area (Å²) in [6.07, 6.45) is 5.89. The molecule has 1 aromatic heterocycles. The van der Waals surface area contributed by atoms with Crippen LogP contribution in [0.5, 0.6) is 0 Å². The Hall–Kier alpha value is -2.45. The molecule has 0 amide bonds. The van der Waals surface area contributed by atoms with E-state index in [1.165, 1.54) is 5.56 Å². The van der Waals surface area contributed by atoms with Crippen LogP contribution in [-0.2, 0) is 17.8 Å². The number of benzene rings is 1. The standard InChI is InChI=1S/C22H33N7O/c1-2-23-22(24-10-6-7-11-27-17-25-26-18-27)29-15-20-21(16-29)30-13-12-28(20)14-19-8-4-3-5-9-19/h3-5,8-9,17-18,20-21H,2,6-7,10-16H2,1H3,(H,23,24). The van der Waals surface area contributed by atoms with E-state index in [-0.39, 0.29) is 6.10 Å². The highest BCUT2D eigenvalue weighted by Crippen LogP contribution is 2.24. The Morgan fingerprint density at radius 1 is 1.17 bits per heavy atom. The van der Waals surface area contributed by atoms with Crippen LogP contribution in [0, 0.1) is 0 Å². The summed E-state index contributed by atoms with van der Waals surface area (Å²) in [7, 11) is 0. The lowest BCUT2D eigenvalue weighted by Crippen LogP contribution is -2.50. The first-order valence-corrected chi connectivity index (χ1v) is 11.1. The van der Waals surface area contributed by atoms with E-state index in [1.54, 1.807) is 12.7 Å². The third kappa shape index (κ3) is 5.37. The van der Waals surface area contributed by atoms with Crippen molar-refractivity contribution >= 4 is 5.96 Å². The van der Waals surface area contributed by atoms with Crippen molar-refractivity contribution in [3.05, 3.63) is 48.5 Å². The fraction of sp³-hybridized carbons (Fsp3) is 0.591. The molecule has 2 saturated heterocycles. The average Bonchev–Trinajstić information content (AvgIpc) is 3.44. The highest BCUT2D eigenvalue weighted by molar-refractivity contribution is 5.80. The largest absolute Gasteiger partial charge is 0.373 e. The van der Waals surface area contributed by atoms with E-state index < -0.39 is 0 Å². The average molecular weight is 412 g/mol. The molecule has 2 aromatic rings. The topological polar surface area (TPSA) is 70.8 Å². The number of aliphatic imine (C=N–C) groups is 1. The molecular weight excluding hydrogens is 378 g/mol. The SMILES string of the molecule is CCNC(=NCCCCn1cnnc1)N1CC2OCCN(Cc3ccccc3)C2C1. The number of likely N-dealkylation sites (tertiary alicyclic amines) is 1. The molecule has 0 radical (unpaired) electrons. The fourth-order valence-corrected chi connectivity index (χ4v) is 4.30. The smallest absolute Gasteiger partial charge is 0.194 e. The Labute approximate surface area is 178 Å². The molecule has 1 aromatic carbocycles. The van der Waals surface area contributed by atoms with Gasteiger partial charge < -0.3 is 19.5 Å². The van der Waals surface area contributed by atoms with Gasteiger partial charge in [0.25, 0.3) is 0 Å². The summed E-state index contributed by atoms with van der Waals surface area (Å²) in [5.41, 5.74) is 1.37. The Morgan fingerprint density at radius 3 is 2.80 bits per heavy atom. The molecule has 8 heteroatoms. The van der Waals surface area contributed by atoms with Gasteiger partial charge in [-0.15, -0.1) is 10.2 Å². The summed E-state index contributed by atoms with van der Waals surface area (Å²) in [5.74, 6) is 1.01. The molecule has 0 aliphatic carbocycles. The van der Waals surface area contributed by atoms with Gasteiger partial charge in [0, 0.05) is 45.8 Å². The summed E-state index contributed by atoms with van der Waals surface area (Å²) >= 11 is 0. The van der Waals surface area contributed by atoms with Gasteiger partial charge in [-0.2, -0.15) is 0 Å². The molecule has 8 nitrogen and oxygen atoms in total. The molecular formula is C22H33N7O. The normalized spacial score (nSPS) is 22.3. The molecule has 0 saturated carbocycles. The van der Waals surface area contributed by atoms with Gasteiger partial charge in [-0.25, -0.2) is 0 Å². The van der Waals surface area contributed by atoms with Crippen molar-refractivity contribution in [2.45, 2.75) is 45.0 Å². The fourth-order valence-electron chi connectivity index (χ4n) is 4.30. The van der Waals surface area contributed by atoms with Crippen LogP contribution in [0.2, 0.25) is 0 Å². The number of rotatable bonds is 8. The van der Waals surface area contributed by atoms with Crippen LogP contribution in [0.25, 0.3) is 0 Å². The van der Waals surface area contributed by atoms with Crippen LogP contribution in [0.1, 0.15) is 25.3 Å². The van der Waals surface area contributed by atoms with E-state index in [0.29, 0.717) is 6.04 Å². The van der Waals surface area contributed by atoms with Crippen molar-refractivity contribution in [1.29, 1.82) is 0 Å². The van der Waals surface area contributed by atoms with Crippen LogP contribution in [0.3, 0.4) is 0 Å². The summed E-state index contributed by atoms with van der Waals surface area (Å²) in [6, 6.07) is 11.2. The summed E-state index contributed by atoms with van der Waals surface area (Å²) in [4.78, 5) is 9.85. The first-order valence-electron chi connectivity index (χ1n) is 11.1. The third-order valence-corrected chi connectivity index (χ3v) is 5.83. The number of morpholine rings is 1. The Balaban J connectivity index is 1.32. The van der Waals surface area contributed by atoms with Gasteiger partial charge in [0.15, 0.2) is 5.96 Å². The Kier molecular flexibility index (Phi) is 7.31. The monoisotopic (exact) mass is 411 g/mol. The highest BCUT2D eigenvalue weighted by atomic mass is 16.5. The lowest BCUT2D eigenvalue weighted by atomic mass is 10.1.